The number of thiazole rings is 1. The first-order chi connectivity index (χ1) is 10.2. The van der Waals surface area contributed by atoms with Crippen LogP contribution in [0.3, 0.4) is 0 Å². The van der Waals surface area contributed by atoms with Crippen molar-refractivity contribution in [1.29, 1.82) is 0 Å². The van der Waals surface area contributed by atoms with Crippen molar-refractivity contribution in [2.75, 3.05) is 37.7 Å². The quantitative estimate of drug-likeness (QED) is 0.856. The number of amides is 1. The molecule has 7 heteroatoms. The van der Waals surface area contributed by atoms with Crippen LogP contribution < -0.4 is 4.90 Å². The summed E-state index contributed by atoms with van der Waals surface area (Å²) in [5.74, 6) is -0.246. The summed E-state index contributed by atoms with van der Waals surface area (Å²) in [6.07, 6.45) is -0.261. The van der Waals surface area contributed by atoms with Crippen molar-refractivity contribution in [2.24, 2.45) is 0 Å². The molecule has 0 spiro atoms. The molecule has 0 unspecified atom stereocenters. The summed E-state index contributed by atoms with van der Waals surface area (Å²) in [7, 11) is 0. The molecule has 0 bridgehead atoms. The zero-order valence-corrected chi connectivity index (χ0v) is 12.5. The van der Waals surface area contributed by atoms with Crippen LogP contribution in [-0.2, 0) is 4.74 Å². The van der Waals surface area contributed by atoms with Crippen molar-refractivity contribution in [3.05, 3.63) is 24.0 Å². The summed E-state index contributed by atoms with van der Waals surface area (Å²) in [6.45, 7) is 4.84. The molecule has 1 saturated heterocycles. The first-order valence-electron chi connectivity index (χ1n) is 6.90. The molecular formula is C14H16FN3O2S. The van der Waals surface area contributed by atoms with Crippen LogP contribution in [0.2, 0.25) is 0 Å². The predicted molar refractivity (Wildman–Crippen MR) is 80.4 cm³/mol. The number of hydrogen-bond donors (Lipinski definition) is 0. The SMILES string of the molecule is CCOC(=O)N1CCN(c2nc3ccc(F)cc3s2)CC1. The van der Waals surface area contributed by atoms with Crippen molar-refractivity contribution < 1.29 is 13.9 Å². The molecule has 0 saturated carbocycles. The Hall–Kier alpha value is -1.89. The molecule has 0 aliphatic carbocycles. The third-order valence-corrected chi connectivity index (χ3v) is 4.49. The topological polar surface area (TPSA) is 45.7 Å². The van der Waals surface area contributed by atoms with E-state index in [-0.39, 0.29) is 11.9 Å². The van der Waals surface area contributed by atoms with Crippen LogP contribution in [0.4, 0.5) is 14.3 Å². The molecule has 0 atom stereocenters. The van der Waals surface area contributed by atoms with E-state index in [4.69, 9.17) is 4.74 Å². The number of piperazine rings is 1. The van der Waals surface area contributed by atoms with E-state index in [1.165, 1.54) is 23.5 Å². The zero-order chi connectivity index (χ0) is 14.8. The molecule has 1 fully saturated rings. The number of hydrogen-bond acceptors (Lipinski definition) is 5. The van der Waals surface area contributed by atoms with Crippen molar-refractivity contribution in [3.63, 3.8) is 0 Å². The fourth-order valence-electron chi connectivity index (χ4n) is 2.32. The minimum Gasteiger partial charge on any atom is -0.450 e. The minimum atomic E-state index is -0.261. The minimum absolute atomic E-state index is 0.246. The van der Waals surface area contributed by atoms with Crippen LogP contribution in [0.25, 0.3) is 10.2 Å². The molecule has 1 aliphatic rings. The van der Waals surface area contributed by atoms with Gasteiger partial charge in [0.2, 0.25) is 0 Å². The number of aromatic nitrogens is 1. The number of carbonyl (C=O) groups excluding carboxylic acids is 1. The van der Waals surface area contributed by atoms with E-state index < -0.39 is 0 Å². The number of anilines is 1. The third kappa shape index (κ3) is 2.92. The van der Waals surface area contributed by atoms with Crippen molar-refractivity contribution in [2.45, 2.75) is 6.92 Å². The van der Waals surface area contributed by atoms with E-state index in [2.05, 4.69) is 9.88 Å². The van der Waals surface area contributed by atoms with Crippen LogP contribution in [0.15, 0.2) is 18.2 Å². The summed E-state index contributed by atoms with van der Waals surface area (Å²) >= 11 is 1.48. The fraction of sp³-hybridized carbons (Fsp3) is 0.429. The van der Waals surface area contributed by atoms with Gasteiger partial charge in [0.25, 0.3) is 0 Å². The van der Waals surface area contributed by atoms with E-state index in [1.807, 2.05) is 0 Å². The van der Waals surface area contributed by atoms with Gasteiger partial charge >= 0.3 is 6.09 Å². The summed E-state index contributed by atoms with van der Waals surface area (Å²) < 4.78 is 19.1. The number of nitrogens with zero attached hydrogens (tertiary/aromatic N) is 3. The highest BCUT2D eigenvalue weighted by atomic mass is 32.1. The van der Waals surface area contributed by atoms with Crippen LogP contribution in [0.1, 0.15) is 6.92 Å². The zero-order valence-electron chi connectivity index (χ0n) is 11.7. The number of carbonyl (C=O) groups is 1. The number of halogens is 1. The highest BCUT2D eigenvalue weighted by molar-refractivity contribution is 7.22. The second-order valence-corrected chi connectivity index (χ2v) is 5.79. The van der Waals surface area contributed by atoms with Gasteiger partial charge in [0.15, 0.2) is 5.13 Å². The summed E-state index contributed by atoms with van der Waals surface area (Å²) in [5, 5.41) is 0.874. The normalized spacial score (nSPS) is 15.5. The largest absolute Gasteiger partial charge is 0.450 e. The molecule has 1 aliphatic heterocycles. The van der Waals surface area contributed by atoms with E-state index >= 15 is 0 Å². The van der Waals surface area contributed by atoms with Crippen molar-refractivity contribution >= 4 is 32.8 Å². The van der Waals surface area contributed by atoms with Gasteiger partial charge in [-0.3, -0.25) is 0 Å². The lowest BCUT2D eigenvalue weighted by Gasteiger charge is -2.33. The van der Waals surface area contributed by atoms with Gasteiger partial charge in [0, 0.05) is 26.2 Å². The molecule has 2 aromatic rings. The van der Waals surface area contributed by atoms with E-state index in [1.54, 1.807) is 17.9 Å². The first kappa shape index (κ1) is 14.1. The third-order valence-electron chi connectivity index (χ3n) is 3.42. The molecular weight excluding hydrogens is 293 g/mol. The Labute approximate surface area is 125 Å². The summed E-state index contributed by atoms with van der Waals surface area (Å²) in [6, 6.07) is 4.62. The Balaban J connectivity index is 1.69. The van der Waals surface area contributed by atoms with Gasteiger partial charge in [-0.2, -0.15) is 0 Å². The lowest BCUT2D eigenvalue weighted by Crippen LogP contribution is -2.48. The Morgan fingerprint density at radius 2 is 2.14 bits per heavy atom. The van der Waals surface area contributed by atoms with Crippen LogP contribution in [-0.4, -0.2) is 48.8 Å². The lowest BCUT2D eigenvalue weighted by molar-refractivity contribution is 0.105. The Morgan fingerprint density at radius 3 is 2.86 bits per heavy atom. The molecule has 21 heavy (non-hydrogen) atoms. The lowest BCUT2D eigenvalue weighted by atomic mass is 10.3. The monoisotopic (exact) mass is 309 g/mol. The number of rotatable bonds is 2. The molecule has 1 amide bonds. The fourth-order valence-corrected chi connectivity index (χ4v) is 3.36. The van der Waals surface area contributed by atoms with Gasteiger partial charge in [-0.1, -0.05) is 11.3 Å². The Bertz CT molecular complexity index is 653. The van der Waals surface area contributed by atoms with Gasteiger partial charge in [-0.25, -0.2) is 14.2 Å². The second kappa shape index (κ2) is 5.85. The molecule has 1 aromatic heterocycles. The van der Waals surface area contributed by atoms with Crippen LogP contribution >= 0.6 is 11.3 Å². The van der Waals surface area contributed by atoms with E-state index in [0.29, 0.717) is 32.8 Å². The number of fused-ring (bicyclic) bond motifs is 1. The smallest absolute Gasteiger partial charge is 0.409 e. The molecule has 0 radical (unpaired) electrons. The van der Waals surface area contributed by atoms with E-state index in [0.717, 1.165) is 15.3 Å². The van der Waals surface area contributed by atoms with Crippen molar-refractivity contribution in [1.82, 2.24) is 9.88 Å². The maximum atomic E-state index is 13.2. The van der Waals surface area contributed by atoms with E-state index in [9.17, 15) is 9.18 Å². The van der Waals surface area contributed by atoms with Gasteiger partial charge in [-0.15, -0.1) is 0 Å². The molecule has 5 nitrogen and oxygen atoms in total. The second-order valence-electron chi connectivity index (χ2n) is 4.78. The predicted octanol–water partition coefficient (Wildman–Crippen LogP) is 2.71. The Kier molecular flexibility index (Phi) is 3.92. The molecule has 2 heterocycles. The van der Waals surface area contributed by atoms with Crippen molar-refractivity contribution in [3.8, 4) is 0 Å². The molecule has 1 aromatic carbocycles. The molecule has 112 valence electrons. The first-order valence-corrected chi connectivity index (χ1v) is 7.72. The summed E-state index contributed by atoms with van der Waals surface area (Å²) in [5.41, 5.74) is 0.809. The van der Waals surface area contributed by atoms with Crippen LogP contribution in [0.5, 0.6) is 0 Å². The van der Waals surface area contributed by atoms with Gasteiger partial charge in [-0.05, 0) is 25.1 Å². The number of ether oxygens (including phenoxy) is 1. The van der Waals surface area contributed by atoms with Gasteiger partial charge < -0.3 is 14.5 Å². The van der Waals surface area contributed by atoms with Gasteiger partial charge in [0.05, 0.1) is 16.8 Å². The molecule has 3 rings (SSSR count). The maximum absolute atomic E-state index is 13.2. The average Bonchev–Trinajstić information content (AvgIpc) is 2.90. The highest BCUT2D eigenvalue weighted by Gasteiger charge is 2.23. The Morgan fingerprint density at radius 1 is 1.38 bits per heavy atom. The number of benzene rings is 1. The molecule has 0 N–H and O–H groups in total. The van der Waals surface area contributed by atoms with Gasteiger partial charge in [0.1, 0.15) is 5.82 Å². The highest BCUT2D eigenvalue weighted by Crippen LogP contribution is 2.29. The maximum Gasteiger partial charge on any atom is 0.409 e. The summed E-state index contributed by atoms with van der Waals surface area (Å²) in [4.78, 5) is 20.0. The van der Waals surface area contributed by atoms with Crippen LogP contribution in [0, 0.1) is 5.82 Å². The standard InChI is InChI=1S/C14H16FN3O2S/c1-2-20-14(19)18-7-5-17(6-8-18)13-16-11-4-3-10(15)9-12(11)21-13/h3-4,9H,2,5-8H2,1H3. The average molecular weight is 309 g/mol.